The van der Waals surface area contributed by atoms with Crippen molar-refractivity contribution in [2.75, 3.05) is 0 Å². The molecule has 0 radical (unpaired) electrons. The van der Waals surface area contributed by atoms with Crippen LogP contribution in [0.3, 0.4) is 0 Å². The van der Waals surface area contributed by atoms with Crippen molar-refractivity contribution in [3.63, 3.8) is 0 Å². The van der Waals surface area contributed by atoms with Gasteiger partial charge in [-0.05, 0) is 35.6 Å². The van der Waals surface area contributed by atoms with Crippen LogP contribution in [0.4, 0.5) is 0 Å². The molecule has 37 heavy (non-hydrogen) atoms. The third-order valence-corrected chi connectivity index (χ3v) is 9.92. The Morgan fingerprint density at radius 3 is 1.41 bits per heavy atom. The normalized spacial score (nSPS) is 31.5. The highest BCUT2D eigenvalue weighted by Gasteiger charge is 2.70. The molecule has 0 saturated heterocycles. The van der Waals surface area contributed by atoms with E-state index in [9.17, 15) is 9.90 Å². The lowest BCUT2D eigenvalue weighted by Gasteiger charge is -2.67. The minimum Gasteiger partial charge on any atom is -0.481 e. The van der Waals surface area contributed by atoms with Crippen molar-refractivity contribution in [3.05, 3.63) is 144 Å². The highest BCUT2D eigenvalue weighted by molar-refractivity contribution is 5.79. The molecule has 1 N–H and O–H groups in total. The fraction of sp³-hybridized carbons (Fsp3) is 0.286. The van der Waals surface area contributed by atoms with Crippen molar-refractivity contribution in [1.29, 1.82) is 0 Å². The monoisotopic (exact) mass is 488 g/mol. The number of hydrogen-bond acceptors (Lipinski definition) is 1. The Morgan fingerprint density at radius 2 is 0.973 bits per heavy atom. The minimum atomic E-state index is -1.05. The highest BCUT2D eigenvalue weighted by atomic mass is 16.4. The van der Waals surface area contributed by atoms with Crippen LogP contribution in [0.25, 0.3) is 0 Å². The van der Waals surface area contributed by atoms with E-state index in [-0.39, 0.29) is 5.92 Å². The lowest BCUT2D eigenvalue weighted by Crippen LogP contribution is -2.67. The lowest BCUT2D eigenvalue weighted by molar-refractivity contribution is -0.162. The Morgan fingerprint density at radius 1 is 0.595 bits per heavy atom. The highest BCUT2D eigenvalue weighted by Crippen LogP contribution is 2.71. The summed E-state index contributed by atoms with van der Waals surface area (Å²) in [6, 6.07) is 42.2. The second-order valence-corrected chi connectivity index (χ2v) is 11.5. The summed E-state index contributed by atoms with van der Waals surface area (Å²) < 4.78 is 0. The number of carboxylic acids is 1. The summed E-state index contributed by atoms with van der Waals surface area (Å²) in [5.41, 5.74) is 1.96. The number of hydrogen-bond donors (Lipinski definition) is 1. The molecule has 0 heterocycles. The van der Waals surface area contributed by atoms with Crippen molar-refractivity contribution < 1.29 is 9.90 Å². The number of benzene rings is 4. The topological polar surface area (TPSA) is 37.3 Å². The molecule has 2 heteroatoms. The van der Waals surface area contributed by atoms with Crippen LogP contribution in [0.15, 0.2) is 121 Å². The summed E-state index contributed by atoms with van der Waals surface area (Å²) in [5.74, 6) is -0.886. The van der Waals surface area contributed by atoms with E-state index in [4.69, 9.17) is 0 Å². The second kappa shape index (κ2) is 9.03. The Kier molecular flexibility index (Phi) is 6.10. The van der Waals surface area contributed by atoms with Gasteiger partial charge in [0.1, 0.15) is 0 Å². The number of carboxylic acid groups (broad SMARTS) is 1. The molecule has 5 atom stereocenters. The van der Waals surface area contributed by atoms with Gasteiger partial charge in [0.25, 0.3) is 0 Å². The maximum absolute atomic E-state index is 13.5. The van der Waals surface area contributed by atoms with Crippen LogP contribution in [0, 0.1) is 5.41 Å². The van der Waals surface area contributed by atoms with E-state index in [1.165, 1.54) is 11.1 Å². The van der Waals surface area contributed by atoms with Crippen LogP contribution < -0.4 is 0 Å². The predicted molar refractivity (Wildman–Crippen MR) is 151 cm³/mol. The van der Waals surface area contributed by atoms with Crippen molar-refractivity contribution in [2.24, 2.45) is 5.41 Å². The van der Waals surface area contributed by atoms with Gasteiger partial charge < -0.3 is 5.11 Å². The molecule has 4 aromatic carbocycles. The van der Waals surface area contributed by atoms with Crippen LogP contribution in [-0.2, 0) is 21.0 Å². The Hall–Kier alpha value is -3.65. The average Bonchev–Trinajstić information content (AvgIpc) is 2.94. The van der Waals surface area contributed by atoms with Crippen LogP contribution in [0.5, 0.6) is 0 Å². The van der Waals surface area contributed by atoms with Gasteiger partial charge in [-0.3, -0.25) is 4.79 Å². The van der Waals surface area contributed by atoms with Crippen molar-refractivity contribution in [2.45, 2.75) is 56.3 Å². The zero-order valence-electron chi connectivity index (χ0n) is 22.2. The molecular weight excluding hydrogens is 452 g/mol. The smallest absolute Gasteiger partial charge is 0.310 e. The van der Waals surface area contributed by atoms with E-state index in [1.54, 1.807) is 0 Å². The van der Waals surface area contributed by atoms with E-state index in [2.05, 4.69) is 112 Å². The van der Waals surface area contributed by atoms with Crippen LogP contribution in [0.1, 0.15) is 62.3 Å². The molecule has 1 aliphatic carbocycles. The molecule has 0 bridgehead atoms. The fourth-order valence-electron chi connectivity index (χ4n) is 7.65. The first-order chi connectivity index (χ1) is 17.7. The van der Waals surface area contributed by atoms with Crippen molar-refractivity contribution >= 4 is 5.97 Å². The maximum atomic E-state index is 13.5. The molecular formula is C35H36O2. The zero-order chi connectivity index (χ0) is 26.3. The third-order valence-electron chi connectivity index (χ3n) is 9.92. The maximum Gasteiger partial charge on any atom is 0.310 e. The van der Waals surface area contributed by atoms with Gasteiger partial charge in [-0.25, -0.2) is 0 Å². The molecule has 188 valence electrons. The van der Waals surface area contributed by atoms with E-state index < -0.39 is 27.6 Å². The van der Waals surface area contributed by atoms with Gasteiger partial charge in [0.15, 0.2) is 0 Å². The molecule has 4 aromatic rings. The molecule has 1 aliphatic rings. The van der Waals surface area contributed by atoms with Crippen molar-refractivity contribution in [3.8, 4) is 0 Å². The second-order valence-electron chi connectivity index (χ2n) is 11.5. The summed E-state index contributed by atoms with van der Waals surface area (Å²) in [4.78, 5) is 13.5. The first-order valence-corrected chi connectivity index (χ1v) is 13.1. The fourth-order valence-corrected chi connectivity index (χ4v) is 7.65. The number of rotatable bonds is 5. The quantitative estimate of drug-likeness (QED) is 0.308. The standard InChI is InChI=1S/C35H36O2/c1-32(27-19-11-6-12-20-27)25-33(2,31(36)37)35(4,29-23-15-8-16-24-29)30(26-17-9-5-10-18-26)34(32,3)28-21-13-7-14-22-28/h5-24,30H,25H2,1-4H3,(H,36,37). The predicted octanol–water partition coefficient (Wildman–Crippen LogP) is 8.14. The van der Waals surface area contributed by atoms with Gasteiger partial charge in [0, 0.05) is 22.2 Å². The largest absolute Gasteiger partial charge is 0.481 e. The van der Waals surface area contributed by atoms with E-state index in [0.29, 0.717) is 6.42 Å². The van der Waals surface area contributed by atoms with Gasteiger partial charge >= 0.3 is 5.97 Å². The molecule has 5 rings (SSSR count). The lowest BCUT2D eigenvalue weighted by atomic mass is 9.34. The first-order valence-electron chi connectivity index (χ1n) is 13.1. The molecule has 5 unspecified atom stereocenters. The van der Waals surface area contributed by atoms with Crippen LogP contribution in [-0.4, -0.2) is 11.1 Å². The third kappa shape index (κ3) is 3.49. The van der Waals surface area contributed by atoms with Crippen LogP contribution in [0.2, 0.25) is 0 Å². The molecule has 0 amide bonds. The van der Waals surface area contributed by atoms with E-state index in [0.717, 1.165) is 11.1 Å². The summed E-state index contributed by atoms with van der Waals surface area (Å²) in [5, 5.41) is 11.1. The zero-order valence-corrected chi connectivity index (χ0v) is 22.2. The Bertz CT molecular complexity index is 1370. The van der Waals surface area contributed by atoms with Gasteiger partial charge in [0.2, 0.25) is 0 Å². The number of carbonyl (C=O) groups is 1. The summed E-state index contributed by atoms with van der Waals surface area (Å²) in [6.45, 7) is 8.83. The Labute approximate surface area is 221 Å². The molecule has 0 aromatic heterocycles. The number of aliphatic carboxylic acids is 1. The van der Waals surface area contributed by atoms with Gasteiger partial charge in [-0.1, -0.05) is 142 Å². The SMILES string of the molecule is CC1(C(=O)O)CC(C)(c2ccccc2)C(C)(c2ccccc2)C(c2ccccc2)C1(C)c1ccccc1. The van der Waals surface area contributed by atoms with Gasteiger partial charge in [-0.2, -0.15) is 0 Å². The average molecular weight is 489 g/mol. The molecule has 0 aliphatic heterocycles. The summed E-state index contributed by atoms with van der Waals surface area (Å²) in [7, 11) is 0. The van der Waals surface area contributed by atoms with Crippen LogP contribution >= 0.6 is 0 Å². The summed E-state index contributed by atoms with van der Waals surface area (Å²) >= 11 is 0. The van der Waals surface area contributed by atoms with Crippen molar-refractivity contribution in [1.82, 2.24) is 0 Å². The van der Waals surface area contributed by atoms with Gasteiger partial charge in [-0.15, -0.1) is 0 Å². The first kappa shape index (κ1) is 25.0. The molecule has 2 nitrogen and oxygen atoms in total. The minimum absolute atomic E-state index is 0.133. The Balaban J connectivity index is 1.96. The molecule has 1 fully saturated rings. The molecule has 0 spiro atoms. The van der Waals surface area contributed by atoms with Gasteiger partial charge in [0.05, 0.1) is 5.41 Å². The van der Waals surface area contributed by atoms with E-state index >= 15 is 0 Å². The summed E-state index contributed by atoms with van der Waals surface area (Å²) in [6.07, 6.45) is 0.499. The molecule has 1 saturated carbocycles. The van der Waals surface area contributed by atoms with E-state index in [1.807, 2.05) is 37.3 Å².